The van der Waals surface area contributed by atoms with Gasteiger partial charge in [-0.25, -0.2) is 13.2 Å². The van der Waals surface area contributed by atoms with Crippen LogP contribution in [0.2, 0.25) is 0 Å². The highest BCUT2D eigenvalue weighted by Gasteiger charge is 2.30. The predicted octanol–water partition coefficient (Wildman–Crippen LogP) is 1.10. The molecule has 4 nitrogen and oxygen atoms in total. The highest BCUT2D eigenvalue weighted by atomic mass is 32.2. The fraction of sp³-hybridized carbons (Fsp3) is 0.875. The summed E-state index contributed by atoms with van der Waals surface area (Å²) in [4.78, 5) is 2.18. The quantitative estimate of drug-likeness (QED) is 0.685. The molecule has 76 valence electrons. The second-order valence-electron chi connectivity index (χ2n) is 4.16. The Morgan fingerprint density at radius 3 is 2.46 bits per heavy atom. The van der Waals surface area contributed by atoms with Gasteiger partial charge in [0, 0.05) is 11.1 Å². The second-order valence-corrected chi connectivity index (χ2v) is 5.89. The molecule has 0 spiro atoms. The minimum atomic E-state index is -3.20. The number of hydrogen-bond acceptors (Lipinski definition) is 3. The largest absolute Gasteiger partial charge is 0.244 e. The summed E-state index contributed by atoms with van der Waals surface area (Å²) in [5.41, 5.74) is 1.01. The highest BCUT2D eigenvalue weighted by Crippen LogP contribution is 2.34. The van der Waals surface area contributed by atoms with Crippen molar-refractivity contribution in [2.75, 3.05) is 6.26 Å². The van der Waals surface area contributed by atoms with Crippen molar-refractivity contribution in [2.45, 2.75) is 33.1 Å². The average molecular weight is 204 g/mol. The normalized spacial score (nSPS) is 25.0. The Bertz CT molecular complexity index is 317. The van der Waals surface area contributed by atoms with E-state index >= 15 is 0 Å². The Balaban J connectivity index is 2.72. The SMILES string of the molecule is CC1(C)CCC/C1=N/NS(C)(=O)=O. The van der Waals surface area contributed by atoms with Crippen LogP contribution in [0.25, 0.3) is 0 Å². The first-order chi connectivity index (χ1) is 5.81. The lowest BCUT2D eigenvalue weighted by Crippen LogP contribution is -2.23. The Labute approximate surface area is 79.5 Å². The predicted molar refractivity (Wildman–Crippen MR) is 53.0 cm³/mol. The molecule has 0 unspecified atom stereocenters. The third kappa shape index (κ3) is 2.99. The standard InChI is InChI=1S/C8H16N2O2S/c1-8(2)6-4-5-7(8)9-10-13(3,11)12/h10H,4-6H2,1-3H3/b9-7-. The van der Waals surface area contributed by atoms with Crippen LogP contribution < -0.4 is 4.83 Å². The number of nitrogens with one attached hydrogen (secondary N) is 1. The third-order valence-corrected chi connectivity index (χ3v) is 2.77. The van der Waals surface area contributed by atoms with E-state index in [1.807, 2.05) is 0 Å². The molecule has 0 atom stereocenters. The number of sulfonamides is 1. The van der Waals surface area contributed by atoms with E-state index in [4.69, 9.17) is 0 Å². The van der Waals surface area contributed by atoms with E-state index in [-0.39, 0.29) is 5.41 Å². The first kappa shape index (κ1) is 10.5. The molecule has 0 radical (unpaired) electrons. The van der Waals surface area contributed by atoms with Crippen LogP contribution in [0.4, 0.5) is 0 Å². The molecule has 1 saturated carbocycles. The van der Waals surface area contributed by atoms with Crippen LogP contribution in [-0.2, 0) is 10.0 Å². The Morgan fingerprint density at radius 2 is 2.08 bits per heavy atom. The summed E-state index contributed by atoms with van der Waals surface area (Å²) in [6, 6.07) is 0. The van der Waals surface area contributed by atoms with Gasteiger partial charge in [0.15, 0.2) is 0 Å². The molecule has 0 aromatic rings. The van der Waals surface area contributed by atoms with E-state index in [0.29, 0.717) is 0 Å². The molecule has 0 amide bonds. The van der Waals surface area contributed by atoms with Crippen LogP contribution >= 0.6 is 0 Å². The van der Waals surface area contributed by atoms with Gasteiger partial charge in [-0.15, -0.1) is 0 Å². The molecule has 1 aliphatic carbocycles. The van der Waals surface area contributed by atoms with Gasteiger partial charge in [0.2, 0.25) is 10.0 Å². The fourth-order valence-corrected chi connectivity index (χ4v) is 1.80. The zero-order valence-corrected chi connectivity index (χ0v) is 9.11. The third-order valence-electron chi connectivity index (χ3n) is 2.34. The van der Waals surface area contributed by atoms with E-state index < -0.39 is 10.0 Å². The lowest BCUT2D eigenvalue weighted by Gasteiger charge is -2.17. The summed E-state index contributed by atoms with van der Waals surface area (Å²) in [5, 5.41) is 3.93. The minimum Gasteiger partial charge on any atom is -0.206 e. The summed E-state index contributed by atoms with van der Waals surface area (Å²) in [5.74, 6) is 0. The van der Waals surface area contributed by atoms with Gasteiger partial charge in [-0.1, -0.05) is 13.8 Å². The first-order valence-electron chi connectivity index (χ1n) is 4.35. The van der Waals surface area contributed by atoms with Crippen LogP contribution in [0.3, 0.4) is 0 Å². The molecule has 1 aliphatic rings. The summed E-state index contributed by atoms with van der Waals surface area (Å²) in [7, 11) is -3.20. The van der Waals surface area contributed by atoms with Crippen molar-refractivity contribution in [3.63, 3.8) is 0 Å². The highest BCUT2D eigenvalue weighted by molar-refractivity contribution is 7.88. The first-order valence-corrected chi connectivity index (χ1v) is 6.24. The van der Waals surface area contributed by atoms with Gasteiger partial charge in [-0.3, -0.25) is 0 Å². The Morgan fingerprint density at radius 1 is 1.46 bits per heavy atom. The lowest BCUT2D eigenvalue weighted by molar-refractivity contribution is 0.509. The topological polar surface area (TPSA) is 58.5 Å². The average Bonchev–Trinajstić information content (AvgIpc) is 2.23. The molecule has 0 saturated heterocycles. The summed E-state index contributed by atoms with van der Waals surface area (Å²) in [6.07, 6.45) is 4.18. The van der Waals surface area contributed by atoms with Crippen molar-refractivity contribution in [1.82, 2.24) is 4.83 Å². The molecular formula is C8H16N2O2S. The van der Waals surface area contributed by atoms with E-state index in [0.717, 1.165) is 31.2 Å². The van der Waals surface area contributed by atoms with E-state index in [9.17, 15) is 8.42 Å². The van der Waals surface area contributed by atoms with Crippen molar-refractivity contribution < 1.29 is 8.42 Å². The van der Waals surface area contributed by atoms with Crippen LogP contribution in [0, 0.1) is 5.41 Å². The van der Waals surface area contributed by atoms with Gasteiger partial charge in [-0.05, 0) is 19.3 Å². The maximum absolute atomic E-state index is 10.8. The maximum Gasteiger partial charge on any atom is 0.244 e. The van der Waals surface area contributed by atoms with Crippen molar-refractivity contribution in [3.05, 3.63) is 0 Å². The molecule has 0 aromatic carbocycles. The van der Waals surface area contributed by atoms with Crippen molar-refractivity contribution in [3.8, 4) is 0 Å². The fourth-order valence-electron chi connectivity index (χ4n) is 1.53. The van der Waals surface area contributed by atoms with E-state index in [1.54, 1.807) is 0 Å². The van der Waals surface area contributed by atoms with Gasteiger partial charge >= 0.3 is 0 Å². The maximum atomic E-state index is 10.8. The zero-order chi connectivity index (χ0) is 10.1. The molecule has 0 aliphatic heterocycles. The molecule has 0 heterocycles. The van der Waals surface area contributed by atoms with Crippen LogP contribution in [0.5, 0.6) is 0 Å². The summed E-state index contributed by atoms with van der Waals surface area (Å²) in [6.45, 7) is 4.17. The lowest BCUT2D eigenvalue weighted by atomic mass is 9.90. The smallest absolute Gasteiger partial charge is 0.206 e. The van der Waals surface area contributed by atoms with Gasteiger partial charge in [0.1, 0.15) is 0 Å². The molecule has 1 N–H and O–H groups in total. The number of hydrazone groups is 1. The summed E-state index contributed by atoms with van der Waals surface area (Å²) < 4.78 is 21.6. The molecule has 0 aromatic heterocycles. The minimum absolute atomic E-state index is 0.0533. The molecule has 0 bridgehead atoms. The number of hydrogen-bond donors (Lipinski definition) is 1. The number of nitrogens with zero attached hydrogens (tertiary/aromatic N) is 1. The molecule has 13 heavy (non-hydrogen) atoms. The monoisotopic (exact) mass is 204 g/mol. The van der Waals surface area contributed by atoms with Crippen LogP contribution in [0.1, 0.15) is 33.1 Å². The molecule has 1 fully saturated rings. The summed E-state index contributed by atoms with van der Waals surface area (Å²) >= 11 is 0. The van der Waals surface area contributed by atoms with Crippen molar-refractivity contribution >= 4 is 15.7 Å². The van der Waals surface area contributed by atoms with Crippen molar-refractivity contribution in [1.29, 1.82) is 0 Å². The molecule has 1 rings (SSSR count). The van der Waals surface area contributed by atoms with Gasteiger partial charge in [-0.2, -0.15) is 5.10 Å². The van der Waals surface area contributed by atoms with Gasteiger partial charge in [0.25, 0.3) is 0 Å². The Kier molecular flexibility index (Phi) is 2.66. The Hall–Kier alpha value is -0.580. The zero-order valence-electron chi connectivity index (χ0n) is 8.29. The second kappa shape index (κ2) is 3.29. The number of rotatable bonds is 2. The van der Waals surface area contributed by atoms with Gasteiger partial charge in [0.05, 0.1) is 6.26 Å². The molecular weight excluding hydrogens is 188 g/mol. The van der Waals surface area contributed by atoms with Gasteiger partial charge < -0.3 is 0 Å². The molecule has 5 heteroatoms. The van der Waals surface area contributed by atoms with E-state index in [1.165, 1.54) is 0 Å². The van der Waals surface area contributed by atoms with E-state index in [2.05, 4.69) is 23.8 Å². The van der Waals surface area contributed by atoms with Crippen LogP contribution in [-0.4, -0.2) is 20.4 Å². The van der Waals surface area contributed by atoms with Crippen molar-refractivity contribution in [2.24, 2.45) is 10.5 Å². The van der Waals surface area contributed by atoms with Crippen LogP contribution in [0.15, 0.2) is 5.10 Å².